The fraction of sp³-hybridized carbons (Fsp3) is 0.240. The van der Waals surface area contributed by atoms with E-state index >= 15 is 0 Å². The van der Waals surface area contributed by atoms with Gasteiger partial charge in [-0.2, -0.15) is 0 Å². The second-order valence-corrected chi connectivity index (χ2v) is 9.69. The second kappa shape index (κ2) is 11.0. The number of nitrogens with one attached hydrogen (secondary N) is 1. The third-order valence-electron chi connectivity index (χ3n) is 5.44. The van der Waals surface area contributed by atoms with Crippen LogP contribution in [0.5, 0.6) is 0 Å². The summed E-state index contributed by atoms with van der Waals surface area (Å²) in [5, 5.41) is 3.43. The van der Waals surface area contributed by atoms with Crippen molar-refractivity contribution in [1.82, 2.24) is 14.8 Å². The summed E-state index contributed by atoms with van der Waals surface area (Å²) in [7, 11) is 1.58. The van der Waals surface area contributed by atoms with Crippen molar-refractivity contribution >= 4 is 61.7 Å². The van der Waals surface area contributed by atoms with Gasteiger partial charge in [0.2, 0.25) is 5.91 Å². The van der Waals surface area contributed by atoms with Crippen LogP contribution in [0.2, 0.25) is 0 Å². The van der Waals surface area contributed by atoms with Gasteiger partial charge in [-0.15, -0.1) is 0 Å². The van der Waals surface area contributed by atoms with E-state index in [4.69, 9.17) is 4.74 Å². The van der Waals surface area contributed by atoms with Crippen LogP contribution in [-0.2, 0) is 27.3 Å². The summed E-state index contributed by atoms with van der Waals surface area (Å²) in [4.78, 5) is 39.6. The molecule has 1 N–H and O–H groups in total. The van der Waals surface area contributed by atoms with E-state index in [0.29, 0.717) is 31.0 Å². The quantitative estimate of drug-likeness (QED) is 0.320. The van der Waals surface area contributed by atoms with E-state index < -0.39 is 0 Å². The number of imide groups is 1. The average Bonchev–Trinajstić information content (AvgIpc) is 3.28. The first-order valence-electron chi connectivity index (χ1n) is 10.8. The maximum atomic E-state index is 13.0. The molecule has 1 aromatic heterocycles. The Labute approximate surface area is 210 Å². The highest BCUT2D eigenvalue weighted by molar-refractivity contribution is 9.10. The number of hydrogen-bond acceptors (Lipinski definition) is 5. The summed E-state index contributed by atoms with van der Waals surface area (Å²) in [5.74, 6) is -0.427. The molecule has 1 saturated heterocycles. The highest BCUT2D eigenvalue weighted by atomic mass is 79.9. The van der Waals surface area contributed by atoms with Gasteiger partial charge in [0.25, 0.3) is 11.1 Å². The molecule has 0 unspecified atom stereocenters. The molecule has 1 aliphatic rings. The summed E-state index contributed by atoms with van der Waals surface area (Å²) in [6.45, 7) is 1.34. The van der Waals surface area contributed by atoms with Crippen molar-refractivity contribution in [3.05, 3.63) is 75.2 Å². The summed E-state index contributed by atoms with van der Waals surface area (Å²) < 4.78 is 7.70. The van der Waals surface area contributed by atoms with Crippen LogP contribution in [-0.4, -0.2) is 53.3 Å². The number of rotatable bonds is 9. The van der Waals surface area contributed by atoms with Crippen LogP contribution in [0.4, 0.5) is 4.79 Å². The van der Waals surface area contributed by atoms with E-state index in [1.807, 2.05) is 59.3 Å². The Morgan fingerprint density at radius 1 is 1.18 bits per heavy atom. The first-order valence-corrected chi connectivity index (χ1v) is 12.4. The average molecular weight is 542 g/mol. The summed E-state index contributed by atoms with van der Waals surface area (Å²) >= 11 is 4.44. The molecule has 0 radical (unpaired) electrons. The SMILES string of the molecule is COCCNC(=O)Cn1cc(/C=C2\SC(=O)N(CCc3ccccc3)C2=O)c2cc(Br)ccc21. The van der Waals surface area contributed by atoms with Crippen LogP contribution in [0.3, 0.4) is 0 Å². The number of carbonyl (C=O) groups is 3. The van der Waals surface area contributed by atoms with Crippen molar-refractivity contribution in [1.29, 1.82) is 0 Å². The highest BCUT2D eigenvalue weighted by Gasteiger charge is 2.34. The molecule has 34 heavy (non-hydrogen) atoms. The van der Waals surface area contributed by atoms with Crippen LogP contribution in [0, 0.1) is 0 Å². The third-order valence-corrected chi connectivity index (χ3v) is 6.84. The van der Waals surface area contributed by atoms with Gasteiger partial charge < -0.3 is 14.6 Å². The normalized spacial score (nSPS) is 15.0. The third kappa shape index (κ3) is 5.60. The molecule has 0 spiro atoms. The number of fused-ring (bicyclic) bond motifs is 1. The van der Waals surface area contributed by atoms with Gasteiger partial charge in [0.05, 0.1) is 11.5 Å². The van der Waals surface area contributed by atoms with Crippen LogP contribution >= 0.6 is 27.7 Å². The first-order chi connectivity index (χ1) is 16.5. The zero-order valence-corrected chi connectivity index (χ0v) is 21.0. The minimum atomic E-state index is -0.292. The molecule has 0 atom stereocenters. The molecule has 3 aromatic rings. The molecular weight excluding hydrogens is 518 g/mol. The van der Waals surface area contributed by atoms with Crippen molar-refractivity contribution in [2.45, 2.75) is 13.0 Å². The van der Waals surface area contributed by atoms with Gasteiger partial charge in [0.15, 0.2) is 0 Å². The Bertz CT molecular complexity index is 1260. The molecule has 4 rings (SSSR count). The molecule has 1 aliphatic heterocycles. The Hall–Kier alpha value is -2.88. The number of benzene rings is 2. The fourth-order valence-corrected chi connectivity index (χ4v) is 4.98. The largest absolute Gasteiger partial charge is 0.383 e. The molecule has 3 amide bonds. The molecule has 7 nitrogen and oxygen atoms in total. The zero-order valence-electron chi connectivity index (χ0n) is 18.6. The topological polar surface area (TPSA) is 80.6 Å². The lowest BCUT2D eigenvalue weighted by atomic mass is 10.1. The number of methoxy groups -OCH3 is 1. The van der Waals surface area contributed by atoms with E-state index in [0.717, 1.165) is 38.3 Å². The van der Waals surface area contributed by atoms with E-state index in [-0.39, 0.29) is 23.6 Å². The van der Waals surface area contributed by atoms with Crippen LogP contribution in [0.15, 0.2) is 64.1 Å². The van der Waals surface area contributed by atoms with Gasteiger partial charge in [0.1, 0.15) is 6.54 Å². The van der Waals surface area contributed by atoms with Crippen molar-refractivity contribution < 1.29 is 19.1 Å². The van der Waals surface area contributed by atoms with Gasteiger partial charge in [0, 0.05) is 47.3 Å². The number of hydrogen-bond donors (Lipinski definition) is 1. The van der Waals surface area contributed by atoms with Gasteiger partial charge in [-0.1, -0.05) is 46.3 Å². The number of amides is 3. The molecule has 0 aliphatic carbocycles. The summed E-state index contributed by atoms with van der Waals surface area (Å²) in [6, 6.07) is 15.5. The van der Waals surface area contributed by atoms with E-state index in [1.54, 1.807) is 13.2 Å². The maximum absolute atomic E-state index is 13.0. The van der Waals surface area contributed by atoms with Crippen LogP contribution < -0.4 is 5.32 Å². The van der Waals surface area contributed by atoms with Crippen LogP contribution in [0.1, 0.15) is 11.1 Å². The maximum Gasteiger partial charge on any atom is 0.293 e. The molecule has 9 heteroatoms. The fourth-order valence-electron chi connectivity index (χ4n) is 3.77. The number of thioether (sulfide) groups is 1. The Balaban J connectivity index is 1.56. The lowest BCUT2D eigenvalue weighted by Crippen LogP contribution is -2.30. The predicted molar refractivity (Wildman–Crippen MR) is 137 cm³/mol. The summed E-state index contributed by atoms with van der Waals surface area (Å²) in [6.07, 6.45) is 4.18. The monoisotopic (exact) mass is 541 g/mol. The standard InChI is InChI=1S/C25H24BrN3O4S/c1-33-12-10-27-23(30)16-28-15-18(20-14-19(26)7-8-21(20)28)13-22-24(31)29(25(32)34-22)11-9-17-5-3-2-4-6-17/h2-8,13-15H,9-12,16H2,1H3,(H,27,30)/b22-13-. The lowest BCUT2D eigenvalue weighted by Gasteiger charge is -2.12. The van der Waals surface area contributed by atoms with Gasteiger partial charge in [-0.3, -0.25) is 19.3 Å². The van der Waals surface area contributed by atoms with Gasteiger partial charge >= 0.3 is 0 Å². The van der Waals surface area contributed by atoms with Crippen LogP contribution in [0.25, 0.3) is 17.0 Å². The molecular formula is C25H24BrN3O4S. The number of carbonyl (C=O) groups excluding carboxylic acids is 3. The van der Waals surface area contributed by atoms with E-state index in [9.17, 15) is 14.4 Å². The number of aromatic nitrogens is 1. The van der Waals surface area contributed by atoms with Gasteiger partial charge in [-0.25, -0.2) is 0 Å². The molecule has 2 heterocycles. The minimum absolute atomic E-state index is 0.133. The van der Waals surface area contributed by atoms with Crippen molar-refractivity contribution in [3.63, 3.8) is 0 Å². The molecule has 2 aromatic carbocycles. The molecule has 0 saturated carbocycles. The van der Waals surface area contributed by atoms with Gasteiger partial charge in [-0.05, 0) is 48.0 Å². The smallest absolute Gasteiger partial charge is 0.293 e. The number of ether oxygens (including phenoxy) is 1. The molecule has 1 fully saturated rings. The van der Waals surface area contributed by atoms with Crippen molar-refractivity contribution in [2.75, 3.05) is 26.8 Å². The predicted octanol–water partition coefficient (Wildman–Crippen LogP) is 4.45. The van der Waals surface area contributed by atoms with E-state index in [1.165, 1.54) is 4.90 Å². The number of nitrogens with zero attached hydrogens (tertiary/aromatic N) is 2. The zero-order chi connectivity index (χ0) is 24.1. The van der Waals surface area contributed by atoms with E-state index in [2.05, 4.69) is 21.2 Å². The minimum Gasteiger partial charge on any atom is -0.383 e. The number of halogens is 1. The second-order valence-electron chi connectivity index (χ2n) is 7.79. The first kappa shape index (κ1) is 24.3. The summed E-state index contributed by atoms with van der Waals surface area (Å²) in [5.41, 5.74) is 2.71. The Kier molecular flexibility index (Phi) is 7.87. The van der Waals surface area contributed by atoms with Crippen molar-refractivity contribution in [2.24, 2.45) is 0 Å². The Morgan fingerprint density at radius 2 is 1.97 bits per heavy atom. The Morgan fingerprint density at radius 3 is 2.74 bits per heavy atom. The lowest BCUT2D eigenvalue weighted by molar-refractivity contribution is -0.123. The molecule has 0 bridgehead atoms. The highest BCUT2D eigenvalue weighted by Crippen LogP contribution is 2.35. The van der Waals surface area contributed by atoms with Crippen molar-refractivity contribution in [3.8, 4) is 0 Å². The molecule has 176 valence electrons.